The molecule has 0 aliphatic rings. The summed E-state index contributed by atoms with van der Waals surface area (Å²) in [6.07, 6.45) is 1.42. The van der Waals surface area contributed by atoms with Crippen molar-refractivity contribution >= 4 is 43.4 Å². The first-order valence-corrected chi connectivity index (χ1v) is 9.93. The maximum Gasteiger partial charge on any atom is 0.338 e. The summed E-state index contributed by atoms with van der Waals surface area (Å²) < 4.78 is 26.4. The Morgan fingerprint density at radius 3 is 2.41 bits per heavy atom. The molecule has 1 aromatic heterocycles. The van der Waals surface area contributed by atoms with Crippen molar-refractivity contribution in [2.24, 2.45) is 0 Å². The minimum absolute atomic E-state index is 0.100. The van der Waals surface area contributed by atoms with Crippen molar-refractivity contribution in [1.29, 1.82) is 0 Å². The second-order valence-corrected chi connectivity index (χ2v) is 7.93. The van der Waals surface area contributed by atoms with Crippen LogP contribution < -0.4 is 4.74 Å². The number of fused-ring (bicyclic) bond motifs is 3. The van der Waals surface area contributed by atoms with Crippen molar-refractivity contribution in [3.63, 3.8) is 0 Å². The van der Waals surface area contributed by atoms with Gasteiger partial charge in [-0.3, -0.25) is 0 Å². The Kier molecular flexibility index (Phi) is 6.13. The minimum Gasteiger partial charge on any atom is -0.462 e. The third-order valence-corrected chi connectivity index (χ3v) is 5.51. The number of halogens is 1. The summed E-state index contributed by atoms with van der Waals surface area (Å²) in [5, 5.41) is 1.72. The van der Waals surface area contributed by atoms with Crippen LogP contribution in [0.3, 0.4) is 0 Å². The Morgan fingerprint density at radius 1 is 1.03 bits per heavy atom. The molecule has 0 radical (unpaired) electrons. The van der Waals surface area contributed by atoms with Crippen molar-refractivity contribution in [3.8, 4) is 5.75 Å². The predicted octanol–water partition coefficient (Wildman–Crippen LogP) is 5.73. The molecule has 0 spiro atoms. The molecular formula is C23H21FO4S. The van der Waals surface area contributed by atoms with E-state index in [2.05, 4.69) is 13.2 Å². The van der Waals surface area contributed by atoms with E-state index >= 15 is 0 Å². The van der Waals surface area contributed by atoms with Gasteiger partial charge in [0.1, 0.15) is 0 Å². The van der Waals surface area contributed by atoms with Crippen LogP contribution in [0.5, 0.6) is 5.75 Å². The Labute approximate surface area is 172 Å². The van der Waals surface area contributed by atoms with Gasteiger partial charge in [-0.25, -0.2) is 14.0 Å². The van der Waals surface area contributed by atoms with Crippen molar-refractivity contribution in [2.45, 2.75) is 26.7 Å². The molecule has 150 valence electrons. The summed E-state index contributed by atoms with van der Waals surface area (Å²) in [5.41, 5.74) is 1.66. The van der Waals surface area contributed by atoms with Crippen LogP contribution in [0.2, 0.25) is 0 Å². The SMILES string of the molecule is C=C(C)C(=O)OCCCc1ccc2c(c1)sc1c(F)c(OC(=O)C(=C)C)ccc12. The average Bonchev–Trinajstić information content (AvgIpc) is 3.05. The molecule has 2 aromatic carbocycles. The third kappa shape index (κ3) is 4.54. The standard InChI is InChI=1S/C23H21FO4S/c1-13(2)22(25)27-11-5-6-15-7-8-16-17-9-10-18(28-23(26)14(3)4)20(24)21(17)29-19(16)12-15/h7-10,12H,1,3,5-6,11H2,2,4H3. The molecule has 0 bridgehead atoms. The smallest absolute Gasteiger partial charge is 0.338 e. The number of ether oxygens (including phenoxy) is 2. The Hall–Kier alpha value is -2.99. The number of benzene rings is 2. The minimum atomic E-state index is -0.654. The summed E-state index contributed by atoms with van der Waals surface area (Å²) in [6, 6.07) is 9.19. The number of esters is 2. The number of hydrogen-bond donors (Lipinski definition) is 0. The number of carbonyl (C=O) groups excluding carboxylic acids is 2. The highest BCUT2D eigenvalue weighted by Gasteiger charge is 2.16. The number of rotatable bonds is 7. The molecule has 0 unspecified atom stereocenters. The Balaban J connectivity index is 1.80. The zero-order valence-electron chi connectivity index (χ0n) is 16.3. The Morgan fingerprint density at radius 2 is 1.72 bits per heavy atom. The summed E-state index contributed by atoms with van der Waals surface area (Å²) in [4.78, 5) is 23.1. The Bertz CT molecular complexity index is 1140. The fourth-order valence-corrected chi connectivity index (χ4v) is 4.02. The maximum atomic E-state index is 14.9. The largest absolute Gasteiger partial charge is 0.462 e. The van der Waals surface area contributed by atoms with Crippen molar-refractivity contribution in [3.05, 3.63) is 66.0 Å². The van der Waals surface area contributed by atoms with E-state index in [1.807, 2.05) is 18.2 Å². The van der Waals surface area contributed by atoms with Crippen molar-refractivity contribution in [2.75, 3.05) is 6.61 Å². The van der Waals surface area contributed by atoms with E-state index < -0.39 is 11.8 Å². The van der Waals surface area contributed by atoms with Gasteiger partial charge in [0.05, 0.1) is 11.3 Å². The zero-order chi connectivity index (χ0) is 21.1. The van der Waals surface area contributed by atoms with Crippen LogP contribution in [-0.2, 0) is 20.7 Å². The predicted molar refractivity (Wildman–Crippen MR) is 114 cm³/mol. The third-order valence-electron chi connectivity index (χ3n) is 4.35. The van der Waals surface area contributed by atoms with Crippen LogP contribution >= 0.6 is 11.3 Å². The highest BCUT2D eigenvalue weighted by Crippen LogP contribution is 2.39. The van der Waals surface area contributed by atoms with Crippen molar-refractivity contribution < 1.29 is 23.5 Å². The first-order chi connectivity index (χ1) is 13.8. The molecule has 0 aliphatic heterocycles. The second-order valence-electron chi connectivity index (χ2n) is 6.88. The fourth-order valence-electron chi connectivity index (χ4n) is 2.82. The number of hydrogen-bond acceptors (Lipinski definition) is 5. The molecule has 4 nitrogen and oxygen atoms in total. The van der Waals surface area contributed by atoms with Gasteiger partial charge in [0, 0.05) is 26.6 Å². The van der Waals surface area contributed by atoms with Gasteiger partial charge in [-0.05, 0) is 50.5 Å². The van der Waals surface area contributed by atoms with E-state index in [9.17, 15) is 14.0 Å². The van der Waals surface area contributed by atoms with Gasteiger partial charge in [-0.15, -0.1) is 11.3 Å². The highest BCUT2D eigenvalue weighted by molar-refractivity contribution is 7.25. The normalized spacial score (nSPS) is 10.9. The van der Waals surface area contributed by atoms with Crippen LogP contribution in [0, 0.1) is 5.82 Å². The van der Waals surface area contributed by atoms with Gasteiger partial charge in [0.25, 0.3) is 0 Å². The second kappa shape index (κ2) is 8.57. The summed E-state index contributed by atoms with van der Waals surface area (Å²) in [7, 11) is 0. The van der Waals surface area contributed by atoms with Crippen LogP contribution in [0.4, 0.5) is 4.39 Å². The molecule has 29 heavy (non-hydrogen) atoms. The lowest BCUT2D eigenvalue weighted by molar-refractivity contribution is -0.139. The molecular weight excluding hydrogens is 391 g/mol. The summed E-state index contributed by atoms with van der Waals surface area (Å²) in [5.74, 6) is -1.69. The van der Waals surface area contributed by atoms with E-state index in [1.54, 1.807) is 13.0 Å². The summed E-state index contributed by atoms with van der Waals surface area (Å²) in [6.45, 7) is 10.5. The van der Waals surface area contributed by atoms with Gasteiger partial charge >= 0.3 is 11.9 Å². The molecule has 0 atom stereocenters. The molecule has 0 N–H and O–H groups in total. The molecule has 0 fully saturated rings. The lowest BCUT2D eigenvalue weighted by Gasteiger charge is -2.05. The molecule has 0 amide bonds. The molecule has 1 heterocycles. The number of thiophene rings is 1. The first-order valence-electron chi connectivity index (χ1n) is 9.12. The van der Waals surface area contributed by atoms with E-state index in [4.69, 9.17) is 9.47 Å². The van der Waals surface area contributed by atoms with E-state index in [1.165, 1.54) is 24.3 Å². The lowest BCUT2D eigenvalue weighted by atomic mass is 10.1. The van der Waals surface area contributed by atoms with E-state index in [0.717, 1.165) is 27.5 Å². The lowest BCUT2D eigenvalue weighted by Crippen LogP contribution is -2.09. The van der Waals surface area contributed by atoms with Crippen LogP contribution in [0.1, 0.15) is 25.8 Å². The topological polar surface area (TPSA) is 52.6 Å². The van der Waals surface area contributed by atoms with Crippen LogP contribution in [0.25, 0.3) is 20.2 Å². The monoisotopic (exact) mass is 412 g/mol. The van der Waals surface area contributed by atoms with E-state index in [-0.39, 0.29) is 17.3 Å². The molecule has 0 saturated heterocycles. The highest BCUT2D eigenvalue weighted by atomic mass is 32.1. The van der Waals surface area contributed by atoms with Gasteiger partial charge in [0.2, 0.25) is 0 Å². The van der Waals surface area contributed by atoms with Gasteiger partial charge in [-0.1, -0.05) is 25.3 Å². The number of aryl methyl sites for hydroxylation is 1. The zero-order valence-corrected chi connectivity index (χ0v) is 17.2. The van der Waals surface area contributed by atoms with Gasteiger partial charge in [0.15, 0.2) is 11.6 Å². The van der Waals surface area contributed by atoms with Crippen LogP contribution in [0.15, 0.2) is 54.6 Å². The van der Waals surface area contributed by atoms with Gasteiger partial charge in [-0.2, -0.15) is 0 Å². The molecule has 6 heteroatoms. The van der Waals surface area contributed by atoms with E-state index in [0.29, 0.717) is 23.3 Å². The molecule has 0 saturated carbocycles. The fraction of sp³-hybridized carbons (Fsp3) is 0.217. The van der Waals surface area contributed by atoms with Gasteiger partial charge < -0.3 is 9.47 Å². The first kappa shape index (κ1) is 20.7. The summed E-state index contributed by atoms with van der Waals surface area (Å²) >= 11 is 1.31. The maximum absolute atomic E-state index is 14.9. The molecule has 0 aliphatic carbocycles. The number of carbonyl (C=O) groups is 2. The average molecular weight is 412 g/mol. The van der Waals surface area contributed by atoms with Crippen LogP contribution in [-0.4, -0.2) is 18.5 Å². The molecule has 3 aromatic rings. The van der Waals surface area contributed by atoms with Crippen molar-refractivity contribution in [1.82, 2.24) is 0 Å². The molecule has 3 rings (SSSR count). The quantitative estimate of drug-likeness (QED) is 0.215.